The van der Waals surface area contributed by atoms with Gasteiger partial charge in [-0.15, -0.1) is 0 Å². The quantitative estimate of drug-likeness (QED) is 0.483. The largest absolute Gasteiger partial charge is 0.233 e. The van der Waals surface area contributed by atoms with Crippen molar-refractivity contribution in [3.05, 3.63) is 84.2 Å². The zero-order chi connectivity index (χ0) is 16.5. The first-order valence-electron chi connectivity index (χ1n) is 8.11. The molecule has 0 amide bonds. The summed E-state index contributed by atoms with van der Waals surface area (Å²) in [5, 5.41) is 1.09. The fraction of sp³-hybridized carbons (Fsp3) is 0.0909. The Balaban J connectivity index is 1.91. The van der Waals surface area contributed by atoms with Gasteiger partial charge in [0.2, 0.25) is 0 Å². The van der Waals surface area contributed by atoms with Gasteiger partial charge in [0.15, 0.2) is 0 Å². The second-order valence-electron chi connectivity index (χ2n) is 6.09. The summed E-state index contributed by atoms with van der Waals surface area (Å²) in [6.07, 6.45) is 0. The number of aromatic nitrogens is 2. The lowest BCUT2D eigenvalue weighted by Gasteiger charge is -2.09. The predicted octanol–water partition coefficient (Wildman–Crippen LogP) is 5.58. The number of fused-ring (bicyclic) bond motifs is 1. The summed E-state index contributed by atoms with van der Waals surface area (Å²) in [6.45, 7) is 4.06. The molecule has 4 rings (SSSR count). The first-order chi connectivity index (χ1) is 11.7. The summed E-state index contributed by atoms with van der Waals surface area (Å²) in [5.41, 5.74) is 6.80. The van der Waals surface area contributed by atoms with Crippen LogP contribution in [0.25, 0.3) is 33.3 Å². The third-order valence-corrected chi connectivity index (χ3v) is 4.20. The van der Waals surface area contributed by atoms with Gasteiger partial charge in [-0.05, 0) is 37.1 Å². The van der Waals surface area contributed by atoms with Crippen molar-refractivity contribution < 1.29 is 0 Å². The lowest BCUT2D eigenvalue weighted by atomic mass is 9.99. The van der Waals surface area contributed by atoms with Gasteiger partial charge in [0, 0.05) is 10.9 Å². The standard InChI is InChI=1S/C22H18N2/c1-15-7-5-8-17(13-15)18-9-6-10-19(14-18)22-20-11-3-4-12-21(20)23-16(2)24-22/h3-14H,1-2H3. The molecule has 24 heavy (non-hydrogen) atoms. The molecule has 1 heterocycles. The second kappa shape index (κ2) is 5.89. The summed E-state index contributed by atoms with van der Waals surface area (Å²) >= 11 is 0. The van der Waals surface area contributed by atoms with E-state index in [9.17, 15) is 0 Å². The highest BCUT2D eigenvalue weighted by Crippen LogP contribution is 2.30. The van der Waals surface area contributed by atoms with Crippen LogP contribution in [-0.4, -0.2) is 9.97 Å². The van der Waals surface area contributed by atoms with Crippen LogP contribution in [0.4, 0.5) is 0 Å². The van der Waals surface area contributed by atoms with Gasteiger partial charge < -0.3 is 0 Å². The Morgan fingerprint density at radius 2 is 1.33 bits per heavy atom. The first kappa shape index (κ1) is 14.6. The van der Waals surface area contributed by atoms with Crippen LogP contribution in [0, 0.1) is 13.8 Å². The normalized spacial score (nSPS) is 10.9. The average molecular weight is 310 g/mol. The number of hydrogen-bond acceptors (Lipinski definition) is 2. The Labute approximate surface area is 141 Å². The highest BCUT2D eigenvalue weighted by atomic mass is 14.9. The second-order valence-corrected chi connectivity index (χ2v) is 6.09. The van der Waals surface area contributed by atoms with E-state index in [1.54, 1.807) is 0 Å². The van der Waals surface area contributed by atoms with E-state index in [4.69, 9.17) is 4.98 Å². The molecule has 116 valence electrons. The first-order valence-corrected chi connectivity index (χ1v) is 8.11. The molecule has 0 aliphatic rings. The fourth-order valence-corrected chi connectivity index (χ4v) is 3.08. The summed E-state index contributed by atoms with van der Waals surface area (Å²) in [4.78, 5) is 9.26. The molecule has 1 aromatic heterocycles. The topological polar surface area (TPSA) is 25.8 Å². The number of para-hydroxylation sites is 1. The molecule has 0 unspecified atom stereocenters. The minimum absolute atomic E-state index is 0.796. The van der Waals surface area contributed by atoms with Crippen molar-refractivity contribution in [1.29, 1.82) is 0 Å². The van der Waals surface area contributed by atoms with Crippen LogP contribution in [0.15, 0.2) is 72.8 Å². The molecule has 0 atom stereocenters. The summed E-state index contributed by atoms with van der Waals surface area (Å²) in [6, 6.07) is 25.3. The van der Waals surface area contributed by atoms with Crippen LogP contribution in [0.1, 0.15) is 11.4 Å². The van der Waals surface area contributed by atoms with E-state index in [0.717, 1.165) is 28.0 Å². The molecule has 0 fully saturated rings. The van der Waals surface area contributed by atoms with Crippen molar-refractivity contribution in [3.63, 3.8) is 0 Å². The minimum Gasteiger partial charge on any atom is -0.233 e. The zero-order valence-electron chi connectivity index (χ0n) is 13.8. The van der Waals surface area contributed by atoms with E-state index >= 15 is 0 Å². The smallest absolute Gasteiger partial charge is 0.126 e. The highest BCUT2D eigenvalue weighted by Gasteiger charge is 2.09. The van der Waals surface area contributed by atoms with E-state index in [2.05, 4.69) is 66.5 Å². The Kier molecular flexibility index (Phi) is 3.58. The molecule has 0 saturated heterocycles. The molecular formula is C22H18N2. The molecule has 0 saturated carbocycles. The summed E-state index contributed by atoms with van der Waals surface area (Å²) in [7, 11) is 0. The van der Waals surface area contributed by atoms with Gasteiger partial charge in [0.05, 0.1) is 11.2 Å². The van der Waals surface area contributed by atoms with Gasteiger partial charge in [0.25, 0.3) is 0 Å². The molecule has 0 aliphatic carbocycles. The lowest BCUT2D eigenvalue weighted by Crippen LogP contribution is -1.94. The minimum atomic E-state index is 0.796. The number of aryl methyl sites for hydroxylation is 2. The highest BCUT2D eigenvalue weighted by molar-refractivity contribution is 5.93. The molecule has 2 heteroatoms. The van der Waals surface area contributed by atoms with Gasteiger partial charge >= 0.3 is 0 Å². The molecular weight excluding hydrogens is 292 g/mol. The number of benzene rings is 3. The predicted molar refractivity (Wildman–Crippen MR) is 99.9 cm³/mol. The van der Waals surface area contributed by atoms with Crippen molar-refractivity contribution in [2.24, 2.45) is 0 Å². The van der Waals surface area contributed by atoms with E-state index in [0.29, 0.717) is 0 Å². The Hall–Kier alpha value is -3.00. The molecule has 0 N–H and O–H groups in total. The monoisotopic (exact) mass is 310 g/mol. The maximum absolute atomic E-state index is 4.71. The van der Waals surface area contributed by atoms with E-state index < -0.39 is 0 Å². The zero-order valence-corrected chi connectivity index (χ0v) is 13.8. The van der Waals surface area contributed by atoms with Crippen molar-refractivity contribution in [3.8, 4) is 22.4 Å². The SMILES string of the molecule is Cc1cccc(-c2cccc(-c3nc(C)nc4ccccc34)c2)c1. The van der Waals surface area contributed by atoms with Crippen LogP contribution >= 0.6 is 0 Å². The summed E-state index contributed by atoms with van der Waals surface area (Å²) in [5.74, 6) is 0.796. The molecule has 0 spiro atoms. The maximum Gasteiger partial charge on any atom is 0.126 e. The van der Waals surface area contributed by atoms with E-state index in [-0.39, 0.29) is 0 Å². The van der Waals surface area contributed by atoms with Crippen LogP contribution in [0.5, 0.6) is 0 Å². The Morgan fingerprint density at radius 1 is 0.625 bits per heavy atom. The Bertz CT molecular complexity index is 1030. The molecule has 0 bridgehead atoms. The van der Waals surface area contributed by atoms with Crippen LogP contribution in [-0.2, 0) is 0 Å². The van der Waals surface area contributed by atoms with Gasteiger partial charge in [-0.25, -0.2) is 9.97 Å². The lowest BCUT2D eigenvalue weighted by molar-refractivity contribution is 1.10. The van der Waals surface area contributed by atoms with Crippen LogP contribution in [0.2, 0.25) is 0 Å². The van der Waals surface area contributed by atoms with Crippen LogP contribution < -0.4 is 0 Å². The number of nitrogens with zero attached hydrogens (tertiary/aromatic N) is 2. The van der Waals surface area contributed by atoms with Gasteiger partial charge in [-0.2, -0.15) is 0 Å². The molecule has 4 aromatic rings. The van der Waals surface area contributed by atoms with E-state index in [1.165, 1.54) is 16.7 Å². The van der Waals surface area contributed by atoms with Crippen molar-refractivity contribution in [2.75, 3.05) is 0 Å². The van der Waals surface area contributed by atoms with E-state index in [1.807, 2.05) is 25.1 Å². The Morgan fingerprint density at radius 3 is 2.17 bits per heavy atom. The molecule has 3 aromatic carbocycles. The van der Waals surface area contributed by atoms with Crippen molar-refractivity contribution in [1.82, 2.24) is 9.97 Å². The summed E-state index contributed by atoms with van der Waals surface area (Å²) < 4.78 is 0. The number of rotatable bonds is 2. The maximum atomic E-state index is 4.71. The third-order valence-electron chi connectivity index (χ3n) is 4.20. The molecule has 0 radical (unpaired) electrons. The third kappa shape index (κ3) is 2.67. The molecule has 2 nitrogen and oxygen atoms in total. The van der Waals surface area contributed by atoms with Gasteiger partial charge in [-0.1, -0.05) is 66.2 Å². The van der Waals surface area contributed by atoms with Crippen molar-refractivity contribution in [2.45, 2.75) is 13.8 Å². The van der Waals surface area contributed by atoms with Crippen molar-refractivity contribution >= 4 is 10.9 Å². The average Bonchev–Trinajstić information content (AvgIpc) is 2.61. The van der Waals surface area contributed by atoms with Crippen LogP contribution in [0.3, 0.4) is 0 Å². The molecule has 0 aliphatic heterocycles. The van der Waals surface area contributed by atoms with Gasteiger partial charge in [0.1, 0.15) is 5.82 Å². The number of hydrogen-bond donors (Lipinski definition) is 0. The fourth-order valence-electron chi connectivity index (χ4n) is 3.08. The van der Waals surface area contributed by atoms with Gasteiger partial charge in [-0.3, -0.25) is 0 Å².